The second kappa shape index (κ2) is 11.2. The van der Waals surface area contributed by atoms with E-state index < -0.39 is 30.0 Å². The monoisotopic (exact) mass is 506 g/mol. The number of pyridine rings is 1. The van der Waals surface area contributed by atoms with Gasteiger partial charge in [0.2, 0.25) is 11.7 Å². The number of carboxylic acid groups (broad SMARTS) is 1. The van der Waals surface area contributed by atoms with Crippen LogP contribution in [0, 0.1) is 25.7 Å². The summed E-state index contributed by atoms with van der Waals surface area (Å²) < 4.78 is 10.9. The summed E-state index contributed by atoms with van der Waals surface area (Å²) in [7, 11) is 0. The fourth-order valence-corrected chi connectivity index (χ4v) is 4.56. The number of carboxylic acids is 1. The summed E-state index contributed by atoms with van der Waals surface area (Å²) in [5.41, 5.74) is 3.04. The van der Waals surface area contributed by atoms with Crippen LogP contribution in [0.5, 0.6) is 0 Å². The average Bonchev–Trinajstić information content (AvgIpc) is 3.25. The van der Waals surface area contributed by atoms with Crippen LogP contribution in [0.1, 0.15) is 55.7 Å². The van der Waals surface area contributed by atoms with Crippen LogP contribution in [0.3, 0.4) is 0 Å². The molecule has 3 aromatic rings. The van der Waals surface area contributed by atoms with E-state index in [9.17, 15) is 19.5 Å². The van der Waals surface area contributed by atoms with Gasteiger partial charge in [-0.3, -0.25) is 14.9 Å². The van der Waals surface area contributed by atoms with Gasteiger partial charge in [-0.1, -0.05) is 48.3 Å². The molecule has 1 unspecified atom stereocenters. The van der Waals surface area contributed by atoms with Gasteiger partial charge in [0, 0.05) is 0 Å². The van der Waals surface area contributed by atoms with E-state index in [1.807, 2.05) is 30.3 Å². The third-order valence-corrected chi connectivity index (χ3v) is 6.64. The van der Waals surface area contributed by atoms with E-state index in [1.54, 1.807) is 32.9 Å². The fourth-order valence-electron chi connectivity index (χ4n) is 4.56. The van der Waals surface area contributed by atoms with E-state index in [0.29, 0.717) is 41.3 Å². The number of hydrogen-bond donors (Lipinski definition) is 3. The standard InChI is InChI=1S/C27H30N4O6/c1-15-21(29-25(32)19-11-7-8-12-20(19)26(33)34)13-14-22(28-15)24-23(16(2)31-37-24)30-27(35)36-17(3)18-9-5-4-6-10-18/h4-6,9-10,13-14,17,19-20H,7-8,11-12H2,1-3H3,(H,29,32)(H,30,35)(H,33,34)/t17?,19-,20-/m0/s1. The minimum Gasteiger partial charge on any atom is -0.481 e. The summed E-state index contributed by atoms with van der Waals surface area (Å²) in [6, 6.07) is 12.7. The lowest BCUT2D eigenvalue weighted by atomic mass is 9.78. The third kappa shape index (κ3) is 5.96. The largest absolute Gasteiger partial charge is 0.481 e. The molecule has 2 aromatic heterocycles. The normalized spacial score (nSPS) is 18.0. The van der Waals surface area contributed by atoms with Crippen LogP contribution in [-0.4, -0.2) is 33.2 Å². The van der Waals surface area contributed by atoms with Crippen LogP contribution < -0.4 is 10.6 Å². The van der Waals surface area contributed by atoms with Gasteiger partial charge in [0.25, 0.3) is 0 Å². The quantitative estimate of drug-likeness (QED) is 0.381. The summed E-state index contributed by atoms with van der Waals surface area (Å²) in [6.07, 6.45) is 1.55. The molecule has 1 aromatic carbocycles. The maximum Gasteiger partial charge on any atom is 0.412 e. The molecule has 3 N–H and O–H groups in total. The molecule has 0 radical (unpaired) electrons. The zero-order valence-electron chi connectivity index (χ0n) is 21.0. The SMILES string of the molecule is Cc1nc(-c2onc(C)c2NC(=O)OC(C)c2ccccc2)ccc1NC(=O)[C@H]1CCCC[C@@H]1C(=O)O. The summed E-state index contributed by atoms with van der Waals surface area (Å²) in [5, 5.41) is 19.0. The maximum atomic E-state index is 12.9. The van der Waals surface area contributed by atoms with Crippen molar-refractivity contribution < 1.29 is 28.8 Å². The first kappa shape index (κ1) is 25.9. The number of carbonyl (C=O) groups is 3. The van der Waals surface area contributed by atoms with Gasteiger partial charge in [-0.15, -0.1) is 0 Å². The van der Waals surface area contributed by atoms with Crippen LogP contribution in [0.25, 0.3) is 11.5 Å². The highest BCUT2D eigenvalue weighted by Crippen LogP contribution is 2.33. The second-order valence-corrected chi connectivity index (χ2v) is 9.21. The number of carbonyl (C=O) groups excluding carboxylic acids is 2. The Kier molecular flexibility index (Phi) is 7.86. The van der Waals surface area contributed by atoms with E-state index in [-0.39, 0.29) is 11.7 Å². The van der Waals surface area contributed by atoms with Crippen molar-refractivity contribution in [2.75, 3.05) is 10.6 Å². The molecule has 0 spiro atoms. The Morgan fingerprint density at radius 1 is 1.00 bits per heavy atom. The van der Waals surface area contributed by atoms with Gasteiger partial charge in [0.1, 0.15) is 23.2 Å². The van der Waals surface area contributed by atoms with Crippen molar-refractivity contribution in [3.05, 3.63) is 59.4 Å². The van der Waals surface area contributed by atoms with E-state index in [4.69, 9.17) is 9.26 Å². The Morgan fingerprint density at radius 2 is 1.70 bits per heavy atom. The molecule has 37 heavy (non-hydrogen) atoms. The van der Waals surface area contributed by atoms with E-state index in [2.05, 4.69) is 20.8 Å². The number of aromatic nitrogens is 2. The topological polar surface area (TPSA) is 144 Å². The molecule has 10 nitrogen and oxygen atoms in total. The molecule has 0 bridgehead atoms. The van der Waals surface area contributed by atoms with Crippen LogP contribution in [0.4, 0.5) is 16.2 Å². The van der Waals surface area contributed by atoms with Crippen LogP contribution >= 0.6 is 0 Å². The highest BCUT2D eigenvalue weighted by molar-refractivity contribution is 5.96. The molecular formula is C27H30N4O6. The lowest BCUT2D eigenvalue weighted by Gasteiger charge is -2.27. The van der Waals surface area contributed by atoms with Crippen molar-refractivity contribution >= 4 is 29.3 Å². The lowest BCUT2D eigenvalue weighted by molar-refractivity contribution is -0.147. The number of amides is 2. The molecule has 4 rings (SSSR count). The molecule has 3 atom stereocenters. The Morgan fingerprint density at radius 3 is 2.38 bits per heavy atom. The Bertz CT molecular complexity index is 1290. The number of benzene rings is 1. The van der Waals surface area contributed by atoms with Gasteiger partial charge in [0.15, 0.2) is 0 Å². The first-order valence-corrected chi connectivity index (χ1v) is 12.2. The van der Waals surface area contributed by atoms with E-state index >= 15 is 0 Å². The third-order valence-electron chi connectivity index (χ3n) is 6.64. The minimum absolute atomic E-state index is 0.251. The van der Waals surface area contributed by atoms with Crippen molar-refractivity contribution in [2.24, 2.45) is 11.8 Å². The number of aryl methyl sites for hydroxylation is 2. The molecule has 0 saturated heterocycles. The number of aliphatic carboxylic acids is 1. The van der Waals surface area contributed by atoms with Crippen molar-refractivity contribution in [1.82, 2.24) is 10.1 Å². The number of rotatable bonds is 7. The van der Waals surface area contributed by atoms with Crippen molar-refractivity contribution in [3.63, 3.8) is 0 Å². The first-order chi connectivity index (χ1) is 17.7. The average molecular weight is 507 g/mol. The Hall–Kier alpha value is -4.21. The van der Waals surface area contributed by atoms with Gasteiger partial charge >= 0.3 is 12.1 Å². The molecule has 10 heteroatoms. The van der Waals surface area contributed by atoms with Crippen LogP contribution in [0.2, 0.25) is 0 Å². The second-order valence-electron chi connectivity index (χ2n) is 9.21. The number of hydrogen-bond acceptors (Lipinski definition) is 7. The van der Waals surface area contributed by atoms with Crippen LogP contribution in [-0.2, 0) is 14.3 Å². The molecule has 1 aliphatic carbocycles. The first-order valence-electron chi connectivity index (χ1n) is 12.2. The molecule has 1 fully saturated rings. The molecule has 194 valence electrons. The summed E-state index contributed by atoms with van der Waals surface area (Å²) >= 11 is 0. The van der Waals surface area contributed by atoms with Gasteiger partial charge < -0.3 is 19.7 Å². The van der Waals surface area contributed by atoms with E-state index in [0.717, 1.165) is 18.4 Å². The predicted octanol–water partition coefficient (Wildman–Crippen LogP) is 5.49. The smallest absolute Gasteiger partial charge is 0.412 e. The molecule has 1 aliphatic rings. The Balaban J connectivity index is 1.47. The number of anilines is 2. The van der Waals surface area contributed by atoms with Gasteiger partial charge in [-0.25, -0.2) is 9.78 Å². The summed E-state index contributed by atoms with van der Waals surface area (Å²) in [6.45, 7) is 5.19. The molecule has 2 amide bonds. The fraction of sp³-hybridized carbons (Fsp3) is 0.370. The molecule has 2 heterocycles. The number of ether oxygens (including phenoxy) is 1. The molecule has 1 saturated carbocycles. The zero-order valence-corrected chi connectivity index (χ0v) is 21.0. The minimum atomic E-state index is -0.942. The van der Waals surface area contributed by atoms with Gasteiger partial charge in [-0.05, 0) is 51.3 Å². The highest BCUT2D eigenvalue weighted by Gasteiger charge is 2.36. The van der Waals surface area contributed by atoms with Gasteiger partial charge in [-0.2, -0.15) is 0 Å². The van der Waals surface area contributed by atoms with Crippen molar-refractivity contribution in [1.29, 1.82) is 0 Å². The highest BCUT2D eigenvalue weighted by atomic mass is 16.6. The Labute approximate surface area is 214 Å². The lowest BCUT2D eigenvalue weighted by Crippen LogP contribution is -2.36. The van der Waals surface area contributed by atoms with Gasteiger partial charge in [0.05, 0.1) is 23.2 Å². The zero-order chi connectivity index (χ0) is 26.5. The van der Waals surface area contributed by atoms with Crippen LogP contribution in [0.15, 0.2) is 47.0 Å². The summed E-state index contributed by atoms with van der Waals surface area (Å²) in [5.74, 6) is -2.28. The molecular weight excluding hydrogens is 476 g/mol. The number of nitrogens with one attached hydrogen (secondary N) is 2. The summed E-state index contributed by atoms with van der Waals surface area (Å²) in [4.78, 5) is 41.6. The van der Waals surface area contributed by atoms with E-state index in [1.165, 1.54) is 0 Å². The number of nitrogens with zero attached hydrogens (tertiary/aromatic N) is 2. The molecule has 0 aliphatic heterocycles. The maximum absolute atomic E-state index is 12.9. The van der Waals surface area contributed by atoms with Crippen molar-refractivity contribution in [2.45, 2.75) is 52.6 Å². The van der Waals surface area contributed by atoms with Crippen molar-refractivity contribution in [3.8, 4) is 11.5 Å². The predicted molar refractivity (Wildman–Crippen MR) is 136 cm³/mol.